The van der Waals surface area contributed by atoms with Gasteiger partial charge >= 0.3 is 5.97 Å². The fraction of sp³-hybridized carbons (Fsp3) is 0.120. The Morgan fingerprint density at radius 1 is 1.03 bits per heavy atom. The van der Waals surface area contributed by atoms with Crippen molar-refractivity contribution in [3.05, 3.63) is 105 Å². The highest BCUT2D eigenvalue weighted by Crippen LogP contribution is 2.28. The van der Waals surface area contributed by atoms with Gasteiger partial charge in [-0.1, -0.05) is 17.7 Å². The second-order valence-electron chi connectivity index (χ2n) is 7.33. The van der Waals surface area contributed by atoms with E-state index in [1.54, 1.807) is 0 Å². The Bertz CT molecular complexity index is 1280. The van der Waals surface area contributed by atoms with Crippen molar-refractivity contribution in [2.24, 2.45) is 4.99 Å². The predicted molar refractivity (Wildman–Crippen MR) is 122 cm³/mol. The maximum absolute atomic E-state index is 13.2. The molecule has 1 aliphatic rings. The van der Waals surface area contributed by atoms with Crippen molar-refractivity contribution >= 4 is 23.6 Å². The number of cyclic esters (lactones) is 1. The van der Waals surface area contributed by atoms with Gasteiger partial charge in [-0.25, -0.2) is 14.2 Å². The molecule has 1 aliphatic heterocycles. The largest absolute Gasteiger partial charge is 0.490 e. The zero-order valence-corrected chi connectivity index (χ0v) is 18.1. The number of aryl methyl sites for hydroxylation is 1. The number of non-ortho nitro benzene ring substituents is 1. The zero-order chi connectivity index (χ0) is 24.1. The van der Waals surface area contributed by atoms with Crippen molar-refractivity contribution in [3.8, 4) is 11.5 Å². The van der Waals surface area contributed by atoms with E-state index in [0.717, 1.165) is 5.56 Å². The summed E-state index contributed by atoms with van der Waals surface area (Å²) in [6.07, 6.45) is 1.35. The molecule has 0 unspecified atom stereocenters. The fourth-order valence-electron chi connectivity index (χ4n) is 3.11. The molecule has 0 atom stereocenters. The predicted octanol–water partition coefficient (Wildman–Crippen LogP) is 4.84. The third-order valence-electron chi connectivity index (χ3n) is 4.84. The second-order valence-corrected chi connectivity index (χ2v) is 7.33. The van der Waals surface area contributed by atoms with Crippen LogP contribution in [0, 0.1) is 22.9 Å². The molecular formula is C25H19FN2O6. The van der Waals surface area contributed by atoms with Crippen LogP contribution in [0.3, 0.4) is 0 Å². The number of carbonyl (C=O) groups is 1. The van der Waals surface area contributed by atoms with E-state index in [-0.39, 0.29) is 36.1 Å². The van der Waals surface area contributed by atoms with Crippen LogP contribution in [0.4, 0.5) is 10.1 Å². The van der Waals surface area contributed by atoms with Gasteiger partial charge in [0.25, 0.3) is 5.69 Å². The van der Waals surface area contributed by atoms with Gasteiger partial charge in [0.2, 0.25) is 5.90 Å². The van der Waals surface area contributed by atoms with E-state index in [0.29, 0.717) is 17.1 Å². The molecule has 0 bridgehead atoms. The average molecular weight is 462 g/mol. The fourth-order valence-corrected chi connectivity index (χ4v) is 3.11. The minimum atomic E-state index is -0.737. The molecule has 0 amide bonds. The van der Waals surface area contributed by atoms with Gasteiger partial charge in [0.05, 0.1) is 4.92 Å². The molecule has 8 nitrogen and oxygen atoms in total. The van der Waals surface area contributed by atoms with Gasteiger partial charge in [0.15, 0.2) is 5.70 Å². The second kappa shape index (κ2) is 9.95. The Hall–Kier alpha value is -4.53. The number of ether oxygens (including phenoxy) is 3. The van der Waals surface area contributed by atoms with Crippen LogP contribution < -0.4 is 9.47 Å². The zero-order valence-electron chi connectivity index (χ0n) is 18.1. The highest BCUT2D eigenvalue weighted by molar-refractivity contribution is 6.13. The molecular weight excluding hydrogens is 443 g/mol. The number of rotatable bonds is 8. The van der Waals surface area contributed by atoms with E-state index in [1.165, 1.54) is 48.5 Å². The Morgan fingerprint density at radius 2 is 1.74 bits per heavy atom. The monoisotopic (exact) mass is 462 g/mol. The summed E-state index contributed by atoms with van der Waals surface area (Å²) < 4.78 is 29.7. The molecule has 3 aromatic rings. The summed E-state index contributed by atoms with van der Waals surface area (Å²) in [6, 6.07) is 16.9. The standard InChI is InChI=1S/C25H19FN2O6/c1-16-2-9-21(10-3-16)32-12-13-33-23-11-8-20(28(30)31)14-18(23)15-22-25(29)34-24(27-22)17-4-6-19(26)7-5-17/h2-11,14-15H,12-13H2,1H3/b22-15+. The highest BCUT2D eigenvalue weighted by atomic mass is 19.1. The Balaban J connectivity index is 1.53. The van der Waals surface area contributed by atoms with Gasteiger partial charge in [-0.05, 0) is 55.5 Å². The summed E-state index contributed by atoms with van der Waals surface area (Å²) in [4.78, 5) is 27.2. The number of halogens is 1. The molecule has 0 aliphatic carbocycles. The molecule has 4 rings (SSSR count). The summed E-state index contributed by atoms with van der Waals surface area (Å²) in [7, 11) is 0. The van der Waals surface area contributed by atoms with E-state index in [9.17, 15) is 19.3 Å². The maximum atomic E-state index is 13.2. The first kappa shape index (κ1) is 22.7. The topological polar surface area (TPSA) is 100 Å². The molecule has 0 radical (unpaired) electrons. The van der Waals surface area contributed by atoms with E-state index in [4.69, 9.17) is 14.2 Å². The summed E-state index contributed by atoms with van der Waals surface area (Å²) in [5.41, 5.74) is 1.56. The average Bonchev–Trinajstić information content (AvgIpc) is 3.19. The lowest BCUT2D eigenvalue weighted by Gasteiger charge is -2.11. The van der Waals surface area contributed by atoms with Gasteiger partial charge in [0, 0.05) is 23.3 Å². The molecule has 9 heteroatoms. The van der Waals surface area contributed by atoms with E-state index in [2.05, 4.69) is 4.99 Å². The van der Waals surface area contributed by atoms with Crippen LogP contribution in [0.5, 0.6) is 11.5 Å². The van der Waals surface area contributed by atoms with Crippen molar-refractivity contribution in [3.63, 3.8) is 0 Å². The van der Waals surface area contributed by atoms with Crippen molar-refractivity contribution in [1.29, 1.82) is 0 Å². The van der Waals surface area contributed by atoms with Gasteiger partial charge in [-0.15, -0.1) is 0 Å². The number of carbonyl (C=O) groups excluding carboxylic acids is 1. The lowest BCUT2D eigenvalue weighted by Crippen LogP contribution is -2.10. The molecule has 0 fully saturated rings. The smallest absolute Gasteiger partial charge is 0.363 e. The Labute approximate surface area is 194 Å². The number of nitro groups is 1. The third-order valence-corrected chi connectivity index (χ3v) is 4.84. The van der Waals surface area contributed by atoms with Crippen LogP contribution in [0.25, 0.3) is 6.08 Å². The minimum Gasteiger partial charge on any atom is -0.490 e. The summed E-state index contributed by atoms with van der Waals surface area (Å²) in [5, 5.41) is 11.2. The first-order valence-corrected chi connectivity index (χ1v) is 10.3. The number of esters is 1. The van der Waals surface area contributed by atoms with Crippen molar-refractivity contribution < 1.29 is 28.3 Å². The number of hydrogen-bond acceptors (Lipinski definition) is 7. The van der Waals surface area contributed by atoms with Crippen molar-refractivity contribution in [2.45, 2.75) is 6.92 Å². The summed E-state index contributed by atoms with van der Waals surface area (Å²) in [6.45, 7) is 2.38. The number of nitro benzene ring substituents is 1. The van der Waals surface area contributed by atoms with E-state index in [1.807, 2.05) is 31.2 Å². The van der Waals surface area contributed by atoms with Crippen LogP contribution in [0.15, 0.2) is 77.4 Å². The summed E-state index contributed by atoms with van der Waals surface area (Å²) >= 11 is 0. The van der Waals surface area contributed by atoms with Gasteiger partial charge in [-0.2, -0.15) is 0 Å². The van der Waals surface area contributed by atoms with Gasteiger partial charge in [-0.3, -0.25) is 10.1 Å². The molecule has 34 heavy (non-hydrogen) atoms. The molecule has 0 saturated carbocycles. The summed E-state index contributed by atoms with van der Waals surface area (Å²) in [5.74, 6) is -0.162. The molecule has 3 aromatic carbocycles. The normalized spacial score (nSPS) is 14.0. The van der Waals surface area contributed by atoms with Crippen LogP contribution in [0.2, 0.25) is 0 Å². The Kier molecular flexibility index (Phi) is 6.63. The molecule has 0 saturated heterocycles. The highest BCUT2D eigenvalue weighted by Gasteiger charge is 2.25. The lowest BCUT2D eigenvalue weighted by atomic mass is 10.1. The van der Waals surface area contributed by atoms with E-state index < -0.39 is 16.7 Å². The van der Waals surface area contributed by atoms with E-state index >= 15 is 0 Å². The maximum Gasteiger partial charge on any atom is 0.363 e. The minimum absolute atomic E-state index is 0.00986. The van der Waals surface area contributed by atoms with Crippen LogP contribution in [-0.4, -0.2) is 30.0 Å². The number of benzene rings is 3. The quantitative estimate of drug-likeness (QED) is 0.156. The Morgan fingerprint density at radius 3 is 2.44 bits per heavy atom. The van der Waals surface area contributed by atoms with Crippen LogP contribution in [0.1, 0.15) is 16.7 Å². The van der Waals surface area contributed by atoms with Gasteiger partial charge in [0.1, 0.15) is 30.5 Å². The SMILES string of the molecule is Cc1ccc(OCCOc2ccc([N+](=O)[O-])cc2/C=C2/N=C(c3ccc(F)cc3)OC2=O)cc1. The first-order chi connectivity index (χ1) is 16.4. The van der Waals surface area contributed by atoms with Gasteiger partial charge < -0.3 is 14.2 Å². The molecule has 0 N–H and O–H groups in total. The molecule has 0 aromatic heterocycles. The first-order valence-electron chi connectivity index (χ1n) is 10.3. The number of aliphatic imine (C=N–C) groups is 1. The van der Waals surface area contributed by atoms with Crippen molar-refractivity contribution in [1.82, 2.24) is 0 Å². The molecule has 1 heterocycles. The number of nitrogens with zero attached hydrogens (tertiary/aromatic N) is 2. The van der Waals surface area contributed by atoms with Crippen LogP contribution >= 0.6 is 0 Å². The number of hydrogen-bond donors (Lipinski definition) is 0. The molecule has 172 valence electrons. The van der Waals surface area contributed by atoms with Crippen molar-refractivity contribution in [2.75, 3.05) is 13.2 Å². The molecule has 0 spiro atoms. The van der Waals surface area contributed by atoms with Crippen LogP contribution in [-0.2, 0) is 9.53 Å². The lowest BCUT2D eigenvalue weighted by molar-refractivity contribution is -0.384. The third kappa shape index (κ3) is 5.44.